The number of rotatable bonds is 13. The van der Waals surface area contributed by atoms with Crippen molar-refractivity contribution in [1.29, 1.82) is 0 Å². The summed E-state index contributed by atoms with van der Waals surface area (Å²) in [5.74, 6) is -0.316. The van der Waals surface area contributed by atoms with Gasteiger partial charge in [0, 0.05) is 62.4 Å². The Hall–Kier alpha value is -5.52. The Labute approximate surface area is 295 Å². The van der Waals surface area contributed by atoms with Gasteiger partial charge in [-0.3, -0.25) is 33.7 Å². The summed E-state index contributed by atoms with van der Waals surface area (Å²) in [6.45, 7) is 0.465. The Balaban J connectivity index is 1.01. The smallest absolute Gasteiger partial charge is 0.274 e. The minimum absolute atomic E-state index is 0.0751. The Morgan fingerprint density at radius 2 is 1.63 bits per heavy atom. The summed E-state index contributed by atoms with van der Waals surface area (Å²) in [4.78, 5) is 77.2. The van der Waals surface area contributed by atoms with Crippen molar-refractivity contribution in [3.8, 4) is 22.6 Å². The predicted octanol–water partition coefficient (Wildman–Crippen LogP) is 4.31. The number of ether oxygens (including phenoxy) is 2. The fourth-order valence-electron chi connectivity index (χ4n) is 7.30. The van der Waals surface area contributed by atoms with Gasteiger partial charge in [-0.2, -0.15) is 0 Å². The molecule has 51 heavy (non-hydrogen) atoms. The van der Waals surface area contributed by atoms with E-state index in [1.165, 1.54) is 0 Å². The van der Waals surface area contributed by atoms with Gasteiger partial charge in [0.1, 0.15) is 22.8 Å². The maximum absolute atomic E-state index is 13.4. The molecule has 1 fully saturated rings. The van der Waals surface area contributed by atoms with Crippen LogP contribution in [-0.4, -0.2) is 70.1 Å². The van der Waals surface area contributed by atoms with Crippen LogP contribution in [0.4, 0.5) is 0 Å². The van der Waals surface area contributed by atoms with E-state index in [-0.39, 0.29) is 42.3 Å². The molecule has 0 radical (unpaired) electrons. The second kappa shape index (κ2) is 14.8. The summed E-state index contributed by atoms with van der Waals surface area (Å²) < 4.78 is 14.9. The number of imide groups is 1. The second-order valence-corrected chi connectivity index (χ2v) is 13.2. The summed E-state index contributed by atoms with van der Waals surface area (Å²) in [6, 6.07) is 10.1. The number of ketones is 2. The molecule has 0 spiro atoms. The molecule has 1 N–H and O–H groups in total. The van der Waals surface area contributed by atoms with Crippen molar-refractivity contribution >= 4 is 40.2 Å². The molecule has 3 amide bonds. The van der Waals surface area contributed by atoms with Crippen LogP contribution in [0.3, 0.4) is 0 Å². The van der Waals surface area contributed by atoms with Crippen LogP contribution in [0.15, 0.2) is 53.6 Å². The van der Waals surface area contributed by atoms with Crippen molar-refractivity contribution in [2.24, 2.45) is 14.1 Å². The zero-order valence-corrected chi connectivity index (χ0v) is 29.4. The number of carbonyl (C=O) groups is 5. The highest BCUT2D eigenvalue weighted by Crippen LogP contribution is 2.38. The summed E-state index contributed by atoms with van der Waals surface area (Å²) in [5.41, 5.74) is 4.47. The van der Waals surface area contributed by atoms with Crippen LogP contribution in [0, 0.1) is 0 Å². The molecule has 0 saturated heterocycles. The number of amides is 3. The lowest BCUT2D eigenvalue weighted by atomic mass is 9.92. The minimum atomic E-state index is -0.896. The van der Waals surface area contributed by atoms with E-state index in [0.717, 1.165) is 32.5 Å². The first-order valence-electron chi connectivity index (χ1n) is 17.2. The maximum Gasteiger partial charge on any atom is 0.274 e. The quantitative estimate of drug-likeness (QED) is 0.124. The van der Waals surface area contributed by atoms with Crippen LogP contribution in [0.5, 0.6) is 11.5 Å². The van der Waals surface area contributed by atoms with Crippen LogP contribution >= 0.6 is 0 Å². The van der Waals surface area contributed by atoms with Crippen molar-refractivity contribution in [3.05, 3.63) is 81.4 Å². The van der Waals surface area contributed by atoms with E-state index in [9.17, 15) is 28.8 Å². The van der Waals surface area contributed by atoms with E-state index in [1.54, 1.807) is 38.0 Å². The highest BCUT2D eigenvalue weighted by Gasteiger charge is 2.45. The van der Waals surface area contributed by atoms with Gasteiger partial charge in [0.15, 0.2) is 5.78 Å². The van der Waals surface area contributed by atoms with E-state index < -0.39 is 17.9 Å². The molecule has 3 heterocycles. The topological polar surface area (TPSA) is 146 Å². The molecule has 1 saturated carbocycles. The Kier molecular flexibility index (Phi) is 10.2. The molecule has 0 bridgehead atoms. The first-order chi connectivity index (χ1) is 24.5. The molecular weight excluding hydrogens is 652 g/mol. The second-order valence-electron chi connectivity index (χ2n) is 13.2. The highest BCUT2D eigenvalue weighted by atomic mass is 16.5. The standard InChI is InChI=1S/C39H42N4O8/c1-41-18-16-26-29(22-42(2)39(49)36(26)41)24-19-32(50-3)27(33(20-24)51-4)11-8-13-34(46)40-17-6-5-9-23-10-7-12-28-35(23)38(48)43(37(28)47)30-15-14-25(44)21-31(30)45/h7,10,12,16,18-20,22,30H,5-6,8-9,11,13-15,17,21H2,1-4H3,(H,40,46). The molecule has 2 aromatic heterocycles. The molecule has 266 valence electrons. The number of unbranched alkanes of at least 4 members (excludes halogenated alkanes) is 1. The van der Waals surface area contributed by atoms with Gasteiger partial charge in [-0.05, 0) is 73.9 Å². The molecular formula is C39H42N4O8. The predicted molar refractivity (Wildman–Crippen MR) is 190 cm³/mol. The first-order valence-corrected chi connectivity index (χ1v) is 17.2. The number of nitrogens with one attached hydrogen (secondary N) is 1. The fourth-order valence-corrected chi connectivity index (χ4v) is 7.30. The third kappa shape index (κ3) is 6.82. The average molecular weight is 695 g/mol. The van der Waals surface area contributed by atoms with Gasteiger partial charge in [0.2, 0.25) is 5.91 Å². The maximum atomic E-state index is 13.4. The van der Waals surface area contributed by atoms with Gasteiger partial charge in [-0.1, -0.05) is 12.1 Å². The van der Waals surface area contributed by atoms with Gasteiger partial charge in [-0.25, -0.2) is 0 Å². The zero-order valence-electron chi connectivity index (χ0n) is 29.4. The van der Waals surface area contributed by atoms with Crippen molar-refractivity contribution in [3.63, 3.8) is 0 Å². The number of hydrogen-bond donors (Lipinski definition) is 1. The Morgan fingerprint density at radius 1 is 0.882 bits per heavy atom. The molecule has 1 unspecified atom stereocenters. The summed E-state index contributed by atoms with van der Waals surface area (Å²) >= 11 is 0. The van der Waals surface area contributed by atoms with E-state index >= 15 is 0 Å². The van der Waals surface area contributed by atoms with Crippen molar-refractivity contribution in [1.82, 2.24) is 19.4 Å². The zero-order chi connectivity index (χ0) is 36.4. The number of nitrogens with zero attached hydrogens (tertiary/aromatic N) is 3. The molecule has 1 aliphatic heterocycles. The number of aryl methyl sites for hydroxylation is 3. The SMILES string of the molecule is COc1cc(-c2cn(C)c(=O)c3c2ccn3C)cc(OC)c1CCCC(=O)NCCCCc1cccc2c1C(=O)N(C1CCC(=O)CC1=O)C2=O. The highest BCUT2D eigenvalue weighted by molar-refractivity contribution is 6.24. The summed E-state index contributed by atoms with van der Waals surface area (Å²) in [7, 11) is 6.78. The molecule has 6 rings (SSSR count). The molecule has 12 nitrogen and oxygen atoms in total. The van der Waals surface area contributed by atoms with Gasteiger partial charge in [0.05, 0.1) is 37.8 Å². The van der Waals surface area contributed by atoms with E-state index in [2.05, 4.69) is 5.32 Å². The summed E-state index contributed by atoms with van der Waals surface area (Å²) in [6.07, 6.45) is 7.10. The number of pyridine rings is 1. The average Bonchev–Trinajstić information content (AvgIpc) is 3.62. The van der Waals surface area contributed by atoms with Crippen molar-refractivity contribution < 1.29 is 33.4 Å². The van der Waals surface area contributed by atoms with Crippen LogP contribution in [0.25, 0.3) is 22.0 Å². The lowest BCUT2D eigenvalue weighted by Crippen LogP contribution is -2.47. The molecule has 2 aliphatic rings. The first kappa shape index (κ1) is 35.3. The lowest BCUT2D eigenvalue weighted by molar-refractivity contribution is -0.132. The number of benzene rings is 2. The largest absolute Gasteiger partial charge is 0.496 e. The molecule has 2 aromatic carbocycles. The van der Waals surface area contributed by atoms with Gasteiger partial charge < -0.3 is 23.9 Å². The van der Waals surface area contributed by atoms with Crippen LogP contribution in [0.1, 0.15) is 76.8 Å². The van der Waals surface area contributed by atoms with Crippen LogP contribution < -0.4 is 20.3 Å². The van der Waals surface area contributed by atoms with Crippen molar-refractivity contribution in [2.75, 3.05) is 20.8 Å². The Bertz CT molecular complexity index is 2100. The minimum Gasteiger partial charge on any atom is -0.496 e. The van der Waals surface area contributed by atoms with Gasteiger partial charge in [0.25, 0.3) is 17.4 Å². The fraction of sp³-hybridized carbons (Fsp3) is 0.385. The number of methoxy groups -OCH3 is 2. The molecule has 1 aliphatic carbocycles. The number of fused-ring (bicyclic) bond motifs is 2. The normalized spacial score (nSPS) is 15.8. The van der Waals surface area contributed by atoms with E-state index in [0.29, 0.717) is 73.2 Å². The van der Waals surface area contributed by atoms with Crippen LogP contribution in [-0.2, 0) is 41.3 Å². The molecule has 1 atom stereocenters. The van der Waals surface area contributed by atoms with Crippen LogP contribution in [0.2, 0.25) is 0 Å². The number of Topliss-reactive ketones (excluding diaryl/α,β-unsaturated/α-hetero) is 2. The van der Waals surface area contributed by atoms with E-state index in [1.807, 2.05) is 48.3 Å². The summed E-state index contributed by atoms with van der Waals surface area (Å²) in [5, 5.41) is 3.81. The van der Waals surface area contributed by atoms with E-state index in [4.69, 9.17) is 9.47 Å². The van der Waals surface area contributed by atoms with Gasteiger partial charge in [-0.15, -0.1) is 0 Å². The Morgan fingerprint density at radius 3 is 2.33 bits per heavy atom. The monoisotopic (exact) mass is 694 g/mol. The lowest BCUT2D eigenvalue weighted by Gasteiger charge is -2.27. The number of carbonyl (C=O) groups excluding carboxylic acids is 5. The van der Waals surface area contributed by atoms with Crippen molar-refractivity contribution in [2.45, 2.75) is 63.8 Å². The number of aromatic nitrogens is 2. The third-order valence-corrected chi connectivity index (χ3v) is 9.94. The number of hydrogen-bond acceptors (Lipinski definition) is 8. The third-order valence-electron chi connectivity index (χ3n) is 9.94. The molecule has 4 aromatic rings. The molecule has 12 heteroatoms. The van der Waals surface area contributed by atoms with Gasteiger partial charge >= 0.3 is 0 Å².